The molecule has 0 aromatic heterocycles. The van der Waals surface area contributed by atoms with E-state index in [1.54, 1.807) is 0 Å². The number of hydrogen-bond donors (Lipinski definition) is 2. The molecular formula is C4H6INO3. The summed E-state index contributed by atoms with van der Waals surface area (Å²) in [6.45, 7) is -0.226. The molecule has 0 rings (SSSR count). The van der Waals surface area contributed by atoms with Crippen LogP contribution >= 0.6 is 22.6 Å². The van der Waals surface area contributed by atoms with Gasteiger partial charge in [0.1, 0.15) is 0 Å². The van der Waals surface area contributed by atoms with Gasteiger partial charge >= 0.3 is 0 Å². The second-order valence-corrected chi connectivity index (χ2v) is 2.28. The summed E-state index contributed by atoms with van der Waals surface area (Å²) in [5.74, 6) is -0.447. The Morgan fingerprint density at radius 1 is 1.56 bits per heavy atom. The van der Waals surface area contributed by atoms with E-state index in [4.69, 9.17) is 5.11 Å². The molecule has 0 aromatic carbocycles. The Bertz CT molecular complexity index is 125. The second kappa shape index (κ2) is 4.68. The molecular weight excluding hydrogens is 237 g/mol. The fourth-order valence-electron chi connectivity index (χ4n) is 0.274. The van der Waals surface area contributed by atoms with Crippen molar-refractivity contribution >= 4 is 32.4 Å². The normalized spacial score (nSPS) is 8.67. The molecule has 0 aliphatic rings. The number of halogens is 1. The number of amides is 2. The number of nitrogens with one attached hydrogen (secondary N) is 1. The van der Waals surface area contributed by atoms with Crippen molar-refractivity contribution < 1.29 is 14.7 Å². The highest BCUT2D eigenvalue weighted by atomic mass is 127. The lowest BCUT2D eigenvalue weighted by Gasteiger charge is -1.94. The number of carbonyl (C=O) groups excluding carboxylic acids is 2. The zero-order valence-electron chi connectivity index (χ0n) is 4.56. The van der Waals surface area contributed by atoms with E-state index >= 15 is 0 Å². The van der Waals surface area contributed by atoms with Gasteiger partial charge in [0, 0.05) is 22.6 Å². The molecule has 52 valence electrons. The molecule has 0 fully saturated rings. The molecule has 0 radical (unpaired) electrons. The molecule has 4 nitrogen and oxygen atoms in total. The van der Waals surface area contributed by atoms with Crippen LogP contribution in [0.5, 0.6) is 0 Å². The zero-order chi connectivity index (χ0) is 7.28. The third kappa shape index (κ3) is 5.71. The molecule has 0 unspecified atom stereocenters. The zero-order valence-corrected chi connectivity index (χ0v) is 6.71. The molecule has 2 amide bonds. The van der Waals surface area contributed by atoms with Crippen LogP contribution in [0.15, 0.2) is 0 Å². The first-order chi connectivity index (χ1) is 4.16. The maximum absolute atomic E-state index is 10.4. The molecule has 0 aliphatic heterocycles. The maximum atomic E-state index is 10.4. The summed E-state index contributed by atoms with van der Waals surface area (Å²) < 4.78 is -0.425. The lowest BCUT2D eigenvalue weighted by molar-refractivity contribution is -0.120. The summed E-state index contributed by atoms with van der Waals surface area (Å²) in [5.41, 5.74) is 0. The molecule has 2 N–H and O–H groups in total. The average molecular weight is 243 g/mol. The summed E-state index contributed by atoms with van der Waals surface area (Å²) in [6.07, 6.45) is -0.0191. The van der Waals surface area contributed by atoms with Gasteiger partial charge in [-0.3, -0.25) is 14.9 Å². The van der Waals surface area contributed by atoms with Gasteiger partial charge in [0.15, 0.2) is 0 Å². The topological polar surface area (TPSA) is 66.4 Å². The molecule has 0 aliphatic carbocycles. The van der Waals surface area contributed by atoms with Crippen molar-refractivity contribution in [3.63, 3.8) is 0 Å². The first-order valence-electron chi connectivity index (χ1n) is 2.27. The molecule has 0 heterocycles. The van der Waals surface area contributed by atoms with E-state index < -0.39 is 9.82 Å². The van der Waals surface area contributed by atoms with Gasteiger partial charge in [0.25, 0.3) is 3.91 Å². The van der Waals surface area contributed by atoms with Gasteiger partial charge in [-0.25, -0.2) is 0 Å². The number of aliphatic hydroxyl groups excluding tert-OH is 1. The minimum Gasteiger partial charge on any atom is -0.396 e. The Labute approximate surface area is 65.8 Å². The average Bonchev–Trinajstić information content (AvgIpc) is 1.63. The Balaban J connectivity index is 3.39. The van der Waals surface area contributed by atoms with Crippen molar-refractivity contribution in [2.45, 2.75) is 6.42 Å². The van der Waals surface area contributed by atoms with Crippen molar-refractivity contribution in [1.29, 1.82) is 0 Å². The third-order valence-electron chi connectivity index (χ3n) is 0.577. The maximum Gasteiger partial charge on any atom is 0.287 e. The van der Waals surface area contributed by atoms with Crippen molar-refractivity contribution in [1.82, 2.24) is 5.32 Å². The summed E-state index contributed by atoms with van der Waals surface area (Å²) in [4.78, 5) is 20.5. The Kier molecular flexibility index (Phi) is 4.60. The van der Waals surface area contributed by atoms with Gasteiger partial charge in [-0.15, -0.1) is 0 Å². The van der Waals surface area contributed by atoms with E-state index in [0.29, 0.717) is 0 Å². The van der Waals surface area contributed by atoms with Gasteiger partial charge in [-0.2, -0.15) is 0 Å². The van der Waals surface area contributed by atoms with Crippen LogP contribution in [0.3, 0.4) is 0 Å². The molecule has 0 atom stereocenters. The highest BCUT2D eigenvalue weighted by molar-refractivity contribution is 14.1. The Hall–Kier alpha value is -0.170. The molecule has 0 saturated heterocycles. The molecule has 0 bridgehead atoms. The van der Waals surface area contributed by atoms with Crippen LogP contribution in [0, 0.1) is 0 Å². The number of imide groups is 1. The smallest absolute Gasteiger partial charge is 0.287 e. The van der Waals surface area contributed by atoms with E-state index in [2.05, 4.69) is 0 Å². The lowest BCUT2D eigenvalue weighted by atomic mass is 10.4. The highest BCUT2D eigenvalue weighted by Crippen LogP contribution is 1.84. The van der Waals surface area contributed by atoms with E-state index in [0.717, 1.165) is 0 Å². The summed E-state index contributed by atoms with van der Waals surface area (Å²) >= 11 is 1.44. The van der Waals surface area contributed by atoms with E-state index in [9.17, 15) is 9.59 Å². The van der Waals surface area contributed by atoms with E-state index in [1.165, 1.54) is 22.6 Å². The van der Waals surface area contributed by atoms with Crippen molar-refractivity contribution in [2.75, 3.05) is 6.61 Å². The quantitative estimate of drug-likeness (QED) is 0.408. The van der Waals surface area contributed by atoms with Crippen LogP contribution in [-0.4, -0.2) is 21.5 Å². The van der Waals surface area contributed by atoms with Gasteiger partial charge in [-0.05, 0) is 0 Å². The largest absolute Gasteiger partial charge is 0.396 e. The lowest BCUT2D eigenvalue weighted by Crippen LogP contribution is -2.25. The Morgan fingerprint density at radius 2 is 2.11 bits per heavy atom. The van der Waals surface area contributed by atoms with Crippen LogP contribution in [0.25, 0.3) is 0 Å². The summed E-state index contributed by atoms with van der Waals surface area (Å²) in [7, 11) is 0. The van der Waals surface area contributed by atoms with Crippen molar-refractivity contribution in [2.24, 2.45) is 0 Å². The molecule has 0 saturated carbocycles. The number of rotatable bonds is 2. The minimum absolute atomic E-state index is 0.0191. The Morgan fingerprint density at radius 3 is 2.44 bits per heavy atom. The van der Waals surface area contributed by atoms with Crippen molar-refractivity contribution in [3.05, 3.63) is 0 Å². The van der Waals surface area contributed by atoms with Gasteiger partial charge in [-0.1, -0.05) is 0 Å². The van der Waals surface area contributed by atoms with Crippen LogP contribution in [0.1, 0.15) is 6.42 Å². The number of carbonyl (C=O) groups is 2. The second-order valence-electron chi connectivity index (χ2n) is 1.30. The minimum atomic E-state index is -0.447. The standard InChI is InChI=1S/C4H6INO3/c5-4(9)6-3(8)1-2-7/h7H,1-2H2,(H,6,8,9). The molecule has 0 aromatic rings. The SMILES string of the molecule is O=C(I)NC(=O)CCO. The van der Waals surface area contributed by atoms with Crippen LogP contribution in [0.2, 0.25) is 0 Å². The van der Waals surface area contributed by atoms with Crippen LogP contribution in [0.4, 0.5) is 4.79 Å². The summed E-state index contributed by atoms with van der Waals surface area (Å²) in [5, 5.41) is 10.2. The molecule has 9 heavy (non-hydrogen) atoms. The molecule has 5 heteroatoms. The predicted molar refractivity (Wildman–Crippen MR) is 39.3 cm³/mol. The van der Waals surface area contributed by atoms with Gasteiger partial charge in [0.2, 0.25) is 5.91 Å². The third-order valence-corrected chi connectivity index (χ3v) is 0.846. The van der Waals surface area contributed by atoms with Crippen LogP contribution in [-0.2, 0) is 4.79 Å². The highest BCUT2D eigenvalue weighted by Gasteiger charge is 2.01. The van der Waals surface area contributed by atoms with Crippen LogP contribution < -0.4 is 5.32 Å². The fraction of sp³-hybridized carbons (Fsp3) is 0.500. The first kappa shape index (κ1) is 8.83. The van der Waals surface area contributed by atoms with E-state index in [1.807, 2.05) is 5.32 Å². The summed E-state index contributed by atoms with van der Waals surface area (Å²) in [6, 6.07) is 0. The number of aliphatic hydroxyl groups is 1. The fourth-order valence-corrected chi connectivity index (χ4v) is 0.574. The monoisotopic (exact) mass is 243 g/mol. The van der Waals surface area contributed by atoms with E-state index in [-0.39, 0.29) is 13.0 Å². The predicted octanol–water partition coefficient (Wildman–Crippen LogP) is 0.0400. The van der Waals surface area contributed by atoms with Crippen molar-refractivity contribution in [3.8, 4) is 0 Å². The first-order valence-corrected chi connectivity index (χ1v) is 3.35. The van der Waals surface area contributed by atoms with Gasteiger partial charge < -0.3 is 5.11 Å². The molecule has 0 spiro atoms. The number of hydrogen-bond acceptors (Lipinski definition) is 3. The van der Waals surface area contributed by atoms with Gasteiger partial charge in [0.05, 0.1) is 13.0 Å².